The minimum Gasteiger partial charge on any atom is -0.489 e. The molecule has 0 radical (unpaired) electrons. The van der Waals surface area contributed by atoms with Gasteiger partial charge in [-0.05, 0) is 59.7 Å². The van der Waals surface area contributed by atoms with E-state index < -0.39 is 24.1 Å². The van der Waals surface area contributed by atoms with Crippen molar-refractivity contribution in [3.8, 4) is 17.2 Å². The number of ether oxygens (including phenoxy) is 5. The Labute approximate surface area is 321 Å². The van der Waals surface area contributed by atoms with Gasteiger partial charge in [0, 0.05) is 40.6 Å². The molecular weight excluding hydrogens is 725 g/mol. The summed E-state index contributed by atoms with van der Waals surface area (Å²) in [6.07, 6.45) is -0.875. The smallest absolute Gasteiger partial charge is 0.424 e. The van der Waals surface area contributed by atoms with Crippen LogP contribution in [0.25, 0.3) is 21.8 Å². The summed E-state index contributed by atoms with van der Waals surface area (Å²) in [4.78, 5) is 50.1. The molecule has 2 heterocycles. The number of alkyl halides is 1. The van der Waals surface area contributed by atoms with Crippen LogP contribution in [0, 0.1) is 10.1 Å². The van der Waals surface area contributed by atoms with E-state index in [4.69, 9.17) is 25.1 Å². The predicted molar refractivity (Wildman–Crippen MR) is 206 cm³/mol. The van der Waals surface area contributed by atoms with Crippen LogP contribution < -0.4 is 14.2 Å². The number of hydrogen-bond donors (Lipinski definition) is 1. The standard InChI is InChI=1S/C24H18N2O7.C17H15NO3.CH3F/c1-31-23(27)22-13-17-7-10-20(32-15-16-5-3-2-4-6-16)14-21(17)25(22)24(28)33-19-11-8-18(9-12-19)26(29)30;1-20-17(19)16-9-13-7-8-14(10-15(13)18-16)21-11-12-5-3-2-4-6-12;1-2/h2-14H,15H2,1H3;2-10,18H,11H2,1H3;1H3/i;;1D. The minimum absolute atomic E-state index is 0.0281. The molecule has 0 bridgehead atoms. The second kappa shape index (κ2) is 19.0. The van der Waals surface area contributed by atoms with Gasteiger partial charge in [-0.15, -0.1) is 0 Å². The lowest BCUT2D eigenvalue weighted by Gasteiger charge is -2.10. The number of H-pyrrole nitrogens is 1. The Balaban J connectivity index is 0.000000221. The van der Waals surface area contributed by atoms with Gasteiger partial charge in [0.05, 0.1) is 33.2 Å². The molecule has 0 saturated heterocycles. The van der Waals surface area contributed by atoms with E-state index in [1.165, 1.54) is 44.6 Å². The number of methoxy groups -OCH3 is 2. The number of benzene rings is 5. The molecule has 286 valence electrons. The first-order valence-electron chi connectivity index (χ1n) is 17.4. The summed E-state index contributed by atoms with van der Waals surface area (Å²) in [7, 11) is 1.57. The summed E-state index contributed by atoms with van der Waals surface area (Å²) < 4.78 is 43.1. The molecule has 1 N–H and O–H groups in total. The van der Waals surface area contributed by atoms with Crippen LogP contribution in [-0.4, -0.2) is 53.9 Å². The van der Waals surface area contributed by atoms with Crippen LogP contribution in [0.3, 0.4) is 0 Å². The summed E-state index contributed by atoms with van der Waals surface area (Å²) in [6.45, 7) is 0.834. The SMILES string of the molecule is COC(=O)c1cc2ccc(OCc3ccccc3)cc2[nH]1.COC(=O)c1cc2ccc(OCc3ccccc3)cc2n1C(=O)Oc1ccc([N+](=O)[O-])cc1.[2H]CF. The molecule has 0 aliphatic heterocycles. The van der Waals surface area contributed by atoms with Gasteiger partial charge in [-0.3, -0.25) is 14.5 Å². The number of esters is 2. The van der Waals surface area contributed by atoms with Crippen LogP contribution >= 0.6 is 0 Å². The van der Waals surface area contributed by atoms with Gasteiger partial charge in [0.2, 0.25) is 0 Å². The third-order valence-corrected chi connectivity index (χ3v) is 8.10. The Hall–Kier alpha value is -7.48. The summed E-state index contributed by atoms with van der Waals surface area (Å²) in [5.41, 5.74) is 3.58. The minimum atomic E-state index is -1.00. The van der Waals surface area contributed by atoms with Crippen molar-refractivity contribution in [2.45, 2.75) is 13.2 Å². The van der Waals surface area contributed by atoms with E-state index >= 15 is 0 Å². The number of aromatic amines is 1. The fourth-order valence-corrected chi connectivity index (χ4v) is 5.40. The van der Waals surface area contributed by atoms with Gasteiger partial charge < -0.3 is 28.7 Å². The van der Waals surface area contributed by atoms with Crippen LogP contribution in [0.5, 0.6) is 17.2 Å². The number of carbonyl (C=O) groups excluding carboxylic acids is 3. The van der Waals surface area contributed by atoms with Crippen molar-refractivity contribution in [2.75, 3.05) is 21.4 Å². The van der Waals surface area contributed by atoms with Gasteiger partial charge >= 0.3 is 18.0 Å². The van der Waals surface area contributed by atoms with Gasteiger partial charge in [-0.25, -0.2) is 19.0 Å². The number of nitro groups is 1. The van der Waals surface area contributed by atoms with E-state index in [-0.39, 0.29) is 23.1 Å². The number of nitro benzene ring substituents is 1. The van der Waals surface area contributed by atoms with Gasteiger partial charge in [0.1, 0.15) is 41.9 Å². The second-order valence-electron chi connectivity index (χ2n) is 11.7. The number of fused-ring (bicyclic) bond motifs is 2. The van der Waals surface area contributed by atoms with Gasteiger partial charge in [-0.1, -0.05) is 60.7 Å². The number of nitrogens with one attached hydrogen (secondary N) is 1. The molecule has 5 aromatic carbocycles. The maximum Gasteiger partial charge on any atom is 0.424 e. The van der Waals surface area contributed by atoms with Gasteiger partial charge in [0.15, 0.2) is 0 Å². The van der Waals surface area contributed by atoms with E-state index in [1.807, 2.05) is 78.9 Å². The number of hydrogen-bond acceptors (Lipinski definition) is 10. The average molecular weight is 763 g/mol. The molecule has 56 heavy (non-hydrogen) atoms. The number of rotatable bonds is 10. The molecular formula is C42H36FN3O10. The average Bonchev–Trinajstić information content (AvgIpc) is 3.85. The fourth-order valence-electron chi connectivity index (χ4n) is 5.40. The molecule has 7 rings (SSSR count). The van der Waals surface area contributed by atoms with Gasteiger partial charge in [0.25, 0.3) is 5.69 Å². The lowest BCUT2D eigenvalue weighted by atomic mass is 10.2. The highest BCUT2D eigenvalue weighted by Crippen LogP contribution is 2.28. The van der Waals surface area contributed by atoms with Crippen molar-refractivity contribution in [3.63, 3.8) is 0 Å². The van der Waals surface area contributed by atoms with Gasteiger partial charge in [-0.2, -0.15) is 0 Å². The maximum atomic E-state index is 13.0. The molecule has 0 unspecified atom stereocenters. The zero-order valence-corrected chi connectivity index (χ0v) is 30.2. The first-order valence-corrected chi connectivity index (χ1v) is 16.7. The summed E-state index contributed by atoms with van der Waals surface area (Å²) >= 11 is 0. The van der Waals surface area contributed by atoms with Crippen LogP contribution in [0.2, 0.25) is 0 Å². The molecule has 0 spiro atoms. The maximum absolute atomic E-state index is 13.0. The summed E-state index contributed by atoms with van der Waals surface area (Å²) in [5.74, 6) is 0.228. The third kappa shape index (κ3) is 9.93. The lowest BCUT2D eigenvalue weighted by Crippen LogP contribution is -2.21. The van der Waals surface area contributed by atoms with E-state index in [0.29, 0.717) is 35.6 Å². The van der Waals surface area contributed by atoms with Crippen molar-refractivity contribution < 1.29 is 48.8 Å². The summed E-state index contributed by atoms with van der Waals surface area (Å²) in [6, 6.07) is 38.6. The second-order valence-corrected chi connectivity index (χ2v) is 11.7. The van der Waals surface area contributed by atoms with Crippen LogP contribution in [-0.2, 0) is 22.7 Å². The van der Waals surface area contributed by atoms with E-state index in [9.17, 15) is 28.9 Å². The zero-order valence-electron chi connectivity index (χ0n) is 31.2. The molecule has 14 heteroatoms. The molecule has 0 fully saturated rings. The van der Waals surface area contributed by atoms with Crippen molar-refractivity contribution in [1.29, 1.82) is 0 Å². The number of halogens is 1. The van der Waals surface area contributed by atoms with Crippen LogP contribution in [0.4, 0.5) is 14.9 Å². The molecule has 13 nitrogen and oxygen atoms in total. The molecule has 7 aromatic rings. The Kier molecular flexibility index (Phi) is 13.0. The molecule has 0 saturated carbocycles. The van der Waals surface area contributed by atoms with E-state index in [2.05, 4.69) is 4.98 Å². The summed E-state index contributed by atoms with van der Waals surface area (Å²) in [5, 5.41) is 12.4. The Bertz CT molecular complexity index is 2450. The zero-order chi connectivity index (χ0) is 40.7. The number of nitrogens with zero attached hydrogens (tertiary/aromatic N) is 2. The Morgan fingerprint density at radius 1 is 0.714 bits per heavy atom. The van der Waals surface area contributed by atoms with Crippen molar-refractivity contribution >= 4 is 45.5 Å². The molecule has 0 aliphatic rings. The highest BCUT2D eigenvalue weighted by Gasteiger charge is 2.23. The molecule has 2 aromatic heterocycles. The monoisotopic (exact) mass is 762 g/mol. The quantitative estimate of drug-likeness (QED) is 0.0808. The first kappa shape index (κ1) is 38.3. The van der Waals surface area contributed by atoms with E-state index in [1.54, 1.807) is 24.3 Å². The Morgan fingerprint density at radius 3 is 1.80 bits per heavy atom. The highest BCUT2D eigenvalue weighted by atomic mass is 19.1. The predicted octanol–water partition coefficient (Wildman–Crippen LogP) is 9.08. The number of aromatic nitrogens is 2. The largest absolute Gasteiger partial charge is 0.489 e. The third-order valence-electron chi connectivity index (χ3n) is 8.10. The lowest BCUT2D eigenvalue weighted by molar-refractivity contribution is -0.384. The molecule has 0 aliphatic carbocycles. The topological polar surface area (TPSA) is 161 Å². The number of non-ortho nitro benzene ring substituents is 1. The molecule has 0 amide bonds. The highest BCUT2D eigenvalue weighted by molar-refractivity contribution is 6.02. The van der Waals surface area contributed by atoms with Crippen molar-refractivity contribution in [3.05, 3.63) is 166 Å². The van der Waals surface area contributed by atoms with E-state index in [0.717, 1.165) is 32.3 Å². The molecule has 0 atom stereocenters. The fraction of sp³-hybridized carbons (Fsp3) is 0.119. The normalized spacial score (nSPS) is 10.5. The van der Waals surface area contributed by atoms with Crippen molar-refractivity contribution in [2.24, 2.45) is 0 Å². The first-order chi connectivity index (χ1) is 27.6. The van der Waals surface area contributed by atoms with Crippen molar-refractivity contribution in [1.82, 2.24) is 9.55 Å². The number of carbonyl (C=O) groups is 3. The van der Waals surface area contributed by atoms with Crippen LogP contribution in [0.1, 0.15) is 33.5 Å². The van der Waals surface area contributed by atoms with Crippen LogP contribution in [0.15, 0.2) is 133 Å². The Morgan fingerprint density at radius 2 is 1.25 bits per heavy atom.